The number of nitrogens with one attached hydrogen (secondary N) is 1. The number of amides is 1. The van der Waals surface area contributed by atoms with Crippen LogP contribution in [0.15, 0.2) is 23.1 Å². The van der Waals surface area contributed by atoms with Gasteiger partial charge >= 0.3 is 0 Å². The Kier molecular flexibility index (Phi) is 9.21. The van der Waals surface area contributed by atoms with Crippen LogP contribution in [-0.4, -0.2) is 58.0 Å². The summed E-state index contributed by atoms with van der Waals surface area (Å²) in [6.07, 6.45) is -0.0574. The normalized spacial score (nSPS) is 12.9. The van der Waals surface area contributed by atoms with E-state index in [2.05, 4.69) is 10.2 Å². The molecule has 0 saturated heterocycles. The molecule has 0 spiro atoms. The fourth-order valence-corrected chi connectivity index (χ4v) is 4.49. The van der Waals surface area contributed by atoms with Crippen LogP contribution in [0.4, 0.5) is 11.4 Å². The number of benzene rings is 1. The quantitative estimate of drug-likeness (QED) is 0.619. The number of sulfonamides is 1. The molecular weight excluding hydrogens is 366 g/mol. The Balaban J connectivity index is 3.43. The van der Waals surface area contributed by atoms with Crippen LogP contribution in [0.3, 0.4) is 0 Å². The molecule has 0 radical (unpaired) electrons. The molecule has 0 fully saturated rings. The summed E-state index contributed by atoms with van der Waals surface area (Å²) in [6.45, 7) is 11.8. The maximum atomic E-state index is 12.9. The number of rotatable bonds is 11. The van der Waals surface area contributed by atoms with Gasteiger partial charge in [0.1, 0.15) is 6.10 Å². The Morgan fingerprint density at radius 3 is 2.11 bits per heavy atom. The van der Waals surface area contributed by atoms with Gasteiger partial charge in [-0.25, -0.2) is 8.42 Å². The van der Waals surface area contributed by atoms with Gasteiger partial charge < -0.3 is 15.0 Å². The fourth-order valence-electron chi connectivity index (χ4n) is 3.00. The zero-order valence-corrected chi connectivity index (χ0v) is 18.1. The lowest BCUT2D eigenvalue weighted by atomic mass is 10.2. The Hall–Kier alpha value is -1.64. The minimum Gasteiger partial charge on any atom is -0.372 e. The Morgan fingerprint density at radius 2 is 1.67 bits per heavy atom. The average Bonchev–Trinajstić information content (AvgIpc) is 2.65. The minimum atomic E-state index is -3.61. The highest BCUT2D eigenvalue weighted by Crippen LogP contribution is 2.30. The van der Waals surface area contributed by atoms with Crippen LogP contribution < -0.4 is 10.2 Å². The number of carbonyl (C=O) groups is 1. The highest BCUT2D eigenvalue weighted by Gasteiger charge is 2.25. The molecule has 1 aromatic rings. The third kappa shape index (κ3) is 5.43. The Morgan fingerprint density at radius 1 is 1.07 bits per heavy atom. The first-order chi connectivity index (χ1) is 12.8. The number of nitrogens with zero attached hydrogens (tertiary/aromatic N) is 2. The van der Waals surface area contributed by atoms with Crippen molar-refractivity contribution in [2.75, 3.05) is 43.5 Å². The number of methoxy groups -OCH3 is 1. The molecule has 1 amide bonds. The van der Waals surface area contributed by atoms with Gasteiger partial charge in [-0.2, -0.15) is 4.31 Å². The molecule has 1 rings (SSSR count). The van der Waals surface area contributed by atoms with Gasteiger partial charge in [0.25, 0.3) is 5.91 Å². The number of ether oxygens (including phenoxy) is 1. The second-order valence-electron chi connectivity index (χ2n) is 6.06. The number of carbonyl (C=O) groups excluding carboxylic acids is 1. The summed E-state index contributed by atoms with van der Waals surface area (Å²) >= 11 is 0. The molecule has 7 nitrogen and oxygen atoms in total. The maximum absolute atomic E-state index is 12.9. The van der Waals surface area contributed by atoms with Crippen molar-refractivity contribution in [3.8, 4) is 0 Å². The molecule has 0 bridgehead atoms. The summed E-state index contributed by atoms with van der Waals surface area (Å²) in [5, 5.41) is 2.86. The van der Waals surface area contributed by atoms with Crippen LogP contribution in [0.5, 0.6) is 0 Å². The molecule has 0 aliphatic carbocycles. The van der Waals surface area contributed by atoms with Crippen molar-refractivity contribution in [3.63, 3.8) is 0 Å². The lowest BCUT2D eigenvalue weighted by Crippen LogP contribution is -2.32. The zero-order valence-electron chi connectivity index (χ0n) is 17.3. The van der Waals surface area contributed by atoms with E-state index >= 15 is 0 Å². The molecule has 1 N–H and O–H groups in total. The van der Waals surface area contributed by atoms with Crippen LogP contribution in [-0.2, 0) is 19.6 Å². The van der Waals surface area contributed by atoms with Gasteiger partial charge in [-0.05, 0) is 38.5 Å². The van der Waals surface area contributed by atoms with Gasteiger partial charge in [-0.3, -0.25) is 4.79 Å². The summed E-state index contributed by atoms with van der Waals surface area (Å²) in [5.41, 5.74) is 1.27. The molecule has 154 valence electrons. The number of hydrogen-bond donors (Lipinski definition) is 1. The zero-order chi connectivity index (χ0) is 20.6. The molecular formula is C19H33N3O4S. The lowest BCUT2D eigenvalue weighted by molar-refractivity contribution is -0.125. The highest BCUT2D eigenvalue weighted by atomic mass is 32.2. The second kappa shape index (κ2) is 10.6. The first kappa shape index (κ1) is 23.4. The summed E-state index contributed by atoms with van der Waals surface area (Å²) < 4.78 is 32.4. The van der Waals surface area contributed by atoms with E-state index < -0.39 is 16.1 Å². The molecule has 0 unspecified atom stereocenters. The minimum absolute atomic E-state index is 0.169. The van der Waals surface area contributed by atoms with Crippen molar-refractivity contribution >= 4 is 27.3 Å². The van der Waals surface area contributed by atoms with E-state index in [0.717, 1.165) is 18.8 Å². The summed E-state index contributed by atoms with van der Waals surface area (Å²) in [4.78, 5) is 14.8. The third-order valence-corrected chi connectivity index (χ3v) is 6.67. The van der Waals surface area contributed by atoms with Crippen LogP contribution in [0.25, 0.3) is 0 Å². The summed E-state index contributed by atoms with van der Waals surface area (Å²) in [7, 11) is -2.13. The molecule has 0 aliphatic heterocycles. The fraction of sp³-hybridized carbons (Fsp3) is 0.632. The topological polar surface area (TPSA) is 78.9 Å². The third-order valence-electron chi connectivity index (χ3n) is 4.62. The van der Waals surface area contributed by atoms with E-state index in [0.29, 0.717) is 25.2 Å². The van der Waals surface area contributed by atoms with Gasteiger partial charge in [-0.15, -0.1) is 0 Å². The van der Waals surface area contributed by atoms with E-state index in [4.69, 9.17) is 4.74 Å². The summed E-state index contributed by atoms with van der Waals surface area (Å²) in [5.74, 6) is -0.286. The monoisotopic (exact) mass is 399 g/mol. The van der Waals surface area contributed by atoms with Crippen LogP contribution in [0, 0.1) is 0 Å². The standard InChI is InChI=1S/C19H33N3O4S/c1-7-18(26-6)19(23)20-16-14-15(27(24,25)22(10-4)11-5)12-13-17(16)21(8-2)9-3/h12-14,18H,7-11H2,1-6H3,(H,20,23)/t18-/m0/s1. The maximum Gasteiger partial charge on any atom is 0.253 e. The second-order valence-corrected chi connectivity index (χ2v) is 8.00. The van der Waals surface area contributed by atoms with Crippen molar-refractivity contribution < 1.29 is 17.9 Å². The van der Waals surface area contributed by atoms with E-state index in [1.807, 2.05) is 20.8 Å². The van der Waals surface area contributed by atoms with Crippen LogP contribution in [0.1, 0.15) is 41.0 Å². The van der Waals surface area contributed by atoms with E-state index in [9.17, 15) is 13.2 Å². The Bertz CT molecular complexity index is 710. The van der Waals surface area contributed by atoms with Gasteiger partial charge in [0, 0.05) is 33.3 Å². The van der Waals surface area contributed by atoms with Gasteiger partial charge in [0.2, 0.25) is 10.0 Å². The molecule has 1 aromatic carbocycles. The number of hydrogen-bond acceptors (Lipinski definition) is 5. The first-order valence-corrected chi connectivity index (χ1v) is 11.0. The molecule has 27 heavy (non-hydrogen) atoms. The van der Waals surface area contributed by atoms with E-state index in [-0.39, 0.29) is 10.8 Å². The van der Waals surface area contributed by atoms with Crippen molar-refractivity contribution in [1.29, 1.82) is 0 Å². The molecule has 0 heterocycles. The van der Waals surface area contributed by atoms with Gasteiger partial charge in [0.15, 0.2) is 0 Å². The van der Waals surface area contributed by atoms with Crippen molar-refractivity contribution in [2.45, 2.75) is 52.0 Å². The molecule has 8 heteroatoms. The van der Waals surface area contributed by atoms with E-state index in [1.54, 1.807) is 32.0 Å². The molecule has 0 aliphatic rings. The molecule has 1 atom stereocenters. The average molecular weight is 400 g/mol. The van der Waals surface area contributed by atoms with Crippen LogP contribution in [0.2, 0.25) is 0 Å². The summed E-state index contributed by atoms with van der Waals surface area (Å²) in [6, 6.07) is 4.90. The van der Waals surface area contributed by atoms with Crippen molar-refractivity contribution in [2.24, 2.45) is 0 Å². The smallest absolute Gasteiger partial charge is 0.253 e. The van der Waals surface area contributed by atoms with Gasteiger partial charge in [0.05, 0.1) is 16.3 Å². The highest BCUT2D eigenvalue weighted by molar-refractivity contribution is 7.89. The largest absolute Gasteiger partial charge is 0.372 e. The first-order valence-electron chi connectivity index (χ1n) is 9.53. The predicted molar refractivity (Wildman–Crippen MR) is 110 cm³/mol. The number of anilines is 2. The molecule has 0 aromatic heterocycles. The van der Waals surface area contributed by atoms with Crippen molar-refractivity contribution in [1.82, 2.24) is 4.31 Å². The Labute approximate surface area is 163 Å². The van der Waals surface area contributed by atoms with E-state index in [1.165, 1.54) is 11.4 Å². The van der Waals surface area contributed by atoms with Crippen LogP contribution >= 0.6 is 0 Å². The predicted octanol–water partition coefficient (Wildman–Crippen LogP) is 2.93. The molecule has 0 saturated carbocycles. The van der Waals surface area contributed by atoms with Gasteiger partial charge in [-0.1, -0.05) is 20.8 Å². The SMILES string of the molecule is CC[C@H](OC)C(=O)Nc1cc(S(=O)(=O)N(CC)CC)ccc1N(CC)CC. The lowest BCUT2D eigenvalue weighted by Gasteiger charge is -2.26. The van der Waals surface area contributed by atoms with Crippen molar-refractivity contribution in [3.05, 3.63) is 18.2 Å².